The molecule has 0 aliphatic carbocycles. The second kappa shape index (κ2) is 5.44. The van der Waals surface area contributed by atoms with Crippen molar-refractivity contribution in [3.8, 4) is 0 Å². The number of hydrogen-bond donors (Lipinski definition) is 1. The van der Waals surface area contributed by atoms with Crippen LogP contribution in [0.15, 0.2) is 0 Å². The maximum atomic E-state index is 11.7. The first-order chi connectivity index (χ1) is 7.36. The first-order valence-electron chi connectivity index (χ1n) is 5.53. The molecular weight excluding hydrogens is 196 g/mol. The van der Waals surface area contributed by atoms with Crippen molar-refractivity contribution in [2.75, 3.05) is 46.1 Å². The molecule has 2 fully saturated rings. The average Bonchev–Trinajstić information content (AvgIpc) is 2.80. The van der Waals surface area contributed by atoms with Gasteiger partial charge in [0.1, 0.15) is 0 Å². The van der Waals surface area contributed by atoms with Crippen LogP contribution in [0.2, 0.25) is 0 Å². The predicted octanol–water partition coefficient (Wildman–Crippen LogP) is -0.776. The minimum atomic E-state index is 0.171. The third kappa shape index (κ3) is 3.15. The van der Waals surface area contributed by atoms with Crippen LogP contribution in [0.1, 0.15) is 6.42 Å². The number of nitrogens with one attached hydrogen (secondary N) is 1. The maximum absolute atomic E-state index is 11.7. The highest BCUT2D eigenvalue weighted by atomic mass is 16.5. The van der Waals surface area contributed by atoms with Gasteiger partial charge in [0, 0.05) is 25.7 Å². The summed E-state index contributed by atoms with van der Waals surface area (Å²) < 4.78 is 10.4. The molecule has 0 bridgehead atoms. The van der Waals surface area contributed by atoms with E-state index in [2.05, 4.69) is 5.32 Å². The fraction of sp³-hybridized carbons (Fsp3) is 0.900. The van der Waals surface area contributed by atoms with E-state index in [0.29, 0.717) is 25.8 Å². The molecule has 2 heterocycles. The zero-order chi connectivity index (χ0) is 10.5. The van der Waals surface area contributed by atoms with E-state index >= 15 is 0 Å². The highest BCUT2D eigenvalue weighted by Crippen LogP contribution is 2.03. The Labute approximate surface area is 89.7 Å². The van der Waals surface area contributed by atoms with Gasteiger partial charge in [-0.2, -0.15) is 0 Å². The molecule has 2 aliphatic rings. The van der Waals surface area contributed by atoms with E-state index in [1.54, 1.807) is 0 Å². The number of hydrogen-bond acceptors (Lipinski definition) is 4. The molecule has 1 atom stereocenters. The summed E-state index contributed by atoms with van der Waals surface area (Å²) in [5, 5.41) is 3.22. The van der Waals surface area contributed by atoms with Crippen LogP contribution in [-0.2, 0) is 14.3 Å². The number of carbonyl (C=O) groups excluding carboxylic acids is 1. The Morgan fingerprint density at radius 3 is 2.73 bits per heavy atom. The van der Waals surface area contributed by atoms with Crippen molar-refractivity contribution in [1.29, 1.82) is 0 Å². The van der Waals surface area contributed by atoms with Crippen molar-refractivity contribution >= 4 is 5.91 Å². The van der Waals surface area contributed by atoms with Crippen molar-refractivity contribution in [1.82, 2.24) is 10.2 Å². The number of ether oxygens (including phenoxy) is 2. The minimum Gasteiger partial charge on any atom is -0.380 e. The smallest absolute Gasteiger partial charge is 0.236 e. The Kier molecular flexibility index (Phi) is 3.94. The SMILES string of the molecule is O=C(CNC1CCOC1)N1CCOCC1. The lowest BCUT2D eigenvalue weighted by atomic mass is 10.2. The van der Waals surface area contributed by atoms with E-state index in [9.17, 15) is 4.79 Å². The van der Waals surface area contributed by atoms with Crippen molar-refractivity contribution in [2.24, 2.45) is 0 Å². The molecule has 5 heteroatoms. The van der Waals surface area contributed by atoms with Crippen molar-refractivity contribution in [3.05, 3.63) is 0 Å². The second-order valence-corrected chi connectivity index (χ2v) is 3.93. The lowest BCUT2D eigenvalue weighted by molar-refractivity contribution is -0.134. The number of amides is 1. The Morgan fingerprint density at radius 1 is 1.27 bits per heavy atom. The molecule has 2 saturated heterocycles. The van der Waals surface area contributed by atoms with Crippen LogP contribution < -0.4 is 5.32 Å². The Hall–Kier alpha value is -0.650. The first kappa shape index (κ1) is 10.9. The van der Waals surface area contributed by atoms with E-state index in [-0.39, 0.29) is 5.91 Å². The molecule has 0 spiro atoms. The summed E-state index contributed by atoms with van der Waals surface area (Å²) in [6, 6.07) is 0.356. The Morgan fingerprint density at radius 2 is 2.07 bits per heavy atom. The van der Waals surface area contributed by atoms with Gasteiger partial charge in [0.15, 0.2) is 0 Å². The molecule has 2 rings (SSSR count). The summed E-state index contributed by atoms with van der Waals surface area (Å²) in [4.78, 5) is 13.6. The molecular formula is C10H18N2O3. The number of carbonyl (C=O) groups is 1. The van der Waals surface area contributed by atoms with E-state index < -0.39 is 0 Å². The summed E-state index contributed by atoms with van der Waals surface area (Å²) >= 11 is 0. The van der Waals surface area contributed by atoms with Gasteiger partial charge >= 0.3 is 0 Å². The minimum absolute atomic E-state index is 0.171. The van der Waals surface area contributed by atoms with Gasteiger partial charge in [-0.25, -0.2) is 0 Å². The summed E-state index contributed by atoms with van der Waals surface area (Å²) in [5.41, 5.74) is 0. The Bertz CT molecular complexity index is 211. The molecule has 5 nitrogen and oxygen atoms in total. The van der Waals surface area contributed by atoms with Crippen LogP contribution in [0.3, 0.4) is 0 Å². The first-order valence-corrected chi connectivity index (χ1v) is 5.53. The van der Waals surface area contributed by atoms with Crippen LogP contribution in [0, 0.1) is 0 Å². The average molecular weight is 214 g/mol. The summed E-state index contributed by atoms with van der Waals surface area (Å²) in [7, 11) is 0. The van der Waals surface area contributed by atoms with Crippen molar-refractivity contribution < 1.29 is 14.3 Å². The molecule has 1 N–H and O–H groups in total. The van der Waals surface area contributed by atoms with Crippen LogP contribution >= 0.6 is 0 Å². The van der Waals surface area contributed by atoms with Crippen LogP contribution in [0.5, 0.6) is 0 Å². The lowest BCUT2D eigenvalue weighted by Crippen LogP contribution is -2.46. The zero-order valence-electron chi connectivity index (χ0n) is 8.91. The summed E-state index contributed by atoms with van der Waals surface area (Å²) in [5.74, 6) is 0.171. The van der Waals surface area contributed by atoms with E-state index in [0.717, 1.165) is 32.7 Å². The lowest BCUT2D eigenvalue weighted by Gasteiger charge is -2.27. The molecule has 0 aromatic carbocycles. The molecule has 2 aliphatic heterocycles. The quantitative estimate of drug-likeness (QED) is 0.670. The third-order valence-corrected chi connectivity index (χ3v) is 2.84. The zero-order valence-corrected chi connectivity index (χ0v) is 8.91. The molecule has 1 amide bonds. The van der Waals surface area contributed by atoms with Gasteiger partial charge in [-0.15, -0.1) is 0 Å². The van der Waals surface area contributed by atoms with Crippen molar-refractivity contribution in [3.63, 3.8) is 0 Å². The predicted molar refractivity (Wildman–Crippen MR) is 54.6 cm³/mol. The van der Waals surface area contributed by atoms with Crippen LogP contribution in [0.25, 0.3) is 0 Å². The van der Waals surface area contributed by atoms with Gasteiger partial charge in [-0.3, -0.25) is 4.79 Å². The molecule has 0 radical (unpaired) electrons. The fourth-order valence-electron chi connectivity index (χ4n) is 1.85. The fourth-order valence-corrected chi connectivity index (χ4v) is 1.85. The van der Waals surface area contributed by atoms with E-state index in [1.165, 1.54) is 0 Å². The van der Waals surface area contributed by atoms with Gasteiger partial charge in [0.25, 0.3) is 0 Å². The maximum Gasteiger partial charge on any atom is 0.236 e. The second-order valence-electron chi connectivity index (χ2n) is 3.93. The molecule has 86 valence electrons. The van der Waals surface area contributed by atoms with Gasteiger partial charge in [-0.05, 0) is 6.42 Å². The topological polar surface area (TPSA) is 50.8 Å². The molecule has 0 aromatic rings. The third-order valence-electron chi connectivity index (χ3n) is 2.84. The van der Waals surface area contributed by atoms with Crippen LogP contribution in [0.4, 0.5) is 0 Å². The van der Waals surface area contributed by atoms with Gasteiger partial charge < -0.3 is 19.7 Å². The number of rotatable bonds is 3. The number of nitrogens with zero attached hydrogens (tertiary/aromatic N) is 1. The molecule has 1 unspecified atom stereocenters. The molecule has 0 saturated carbocycles. The normalized spacial score (nSPS) is 26.9. The highest BCUT2D eigenvalue weighted by molar-refractivity contribution is 5.78. The highest BCUT2D eigenvalue weighted by Gasteiger charge is 2.19. The largest absolute Gasteiger partial charge is 0.380 e. The molecule has 0 aromatic heterocycles. The van der Waals surface area contributed by atoms with Crippen LogP contribution in [-0.4, -0.2) is 62.9 Å². The Balaban J connectivity index is 1.66. The molecule has 15 heavy (non-hydrogen) atoms. The van der Waals surface area contributed by atoms with Gasteiger partial charge in [0.2, 0.25) is 5.91 Å². The van der Waals surface area contributed by atoms with Gasteiger partial charge in [0.05, 0.1) is 26.4 Å². The summed E-state index contributed by atoms with van der Waals surface area (Å²) in [6.45, 7) is 4.74. The van der Waals surface area contributed by atoms with Crippen molar-refractivity contribution in [2.45, 2.75) is 12.5 Å². The standard InChI is InChI=1S/C10H18N2O3/c13-10(12-2-5-14-6-3-12)7-11-9-1-4-15-8-9/h9,11H,1-8H2. The van der Waals surface area contributed by atoms with Gasteiger partial charge in [-0.1, -0.05) is 0 Å². The number of morpholine rings is 1. The summed E-state index contributed by atoms with van der Waals surface area (Å²) in [6.07, 6.45) is 1.01. The van der Waals surface area contributed by atoms with E-state index in [1.807, 2.05) is 4.90 Å². The van der Waals surface area contributed by atoms with E-state index in [4.69, 9.17) is 9.47 Å². The monoisotopic (exact) mass is 214 g/mol.